The minimum Gasteiger partial charge on any atom is -0.374 e. The Morgan fingerprint density at radius 2 is 1.75 bits per heavy atom. The summed E-state index contributed by atoms with van der Waals surface area (Å²) in [7, 11) is 2.13. The minimum atomic E-state index is -0.797. The second-order valence-electron chi connectivity index (χ2n) is 12.2. The lowest BCUT2D eigenvalue weighted by molar-refractivity contribution is -0.123. The molecule has 2 fully saturated rings. The van der Waals surface area contributed by atoms with Gasteiger partial charge in [-0.15, -0.1) is 0 Å². The molecular formula is C34H45N7O3. The average Bonchev–Trinajstić information content (AvgIpc) is 3.05. The third-order valence-corrected chi connectivity index (χ3v) is 8.91. The van der Waals surface area contributed by atoms with Crippen molar-refractivity contribution < 1.29 is 9.53 Å². The van der Waals surface area contributed by atoms with Gasteiger partial charge in [-0.05, 0) is 37.1 Å². The summed E-state index contributed by atoms with van der Waals surface area (Å²) >= 11 is 0. The van der Waals surface area contributed by atoms with Crippen molar-refractivity contribution in [2.24, 2.45) is 5.92 Å². The summed E-state index contributed by atoms with van der Waals surface area (Å²) in [5, 5.41) is 16.8. The van der Waals surface area contributed by atoms with Gasteiger partial charge in [0.1, 0.15) is 17.9 Å². The maximum absolute atomic E-state index is 13.7. The summed E-state index contributed by atoms with van der Waals surface area (Å²) in [6, 6.07) is 18.2. The second-order valence-corrected chi connectivity index (χ2v) is 12.2. The molecule has 0 radical (unpaired) electrons. The molecule has 1 amide bonds. The van der Waals surface area contributed by atoms with Crippen LogP contribution in [-0.4, -0.2) is 83.7 Å². The highest BCUT2D eigenvalue weighted by atomic mass is 16.5. The van der Waals surface area contributed by atoms with E-state index in [4.69, 9.17) is 4.74 Å². The van der Waals surface area contributed by atoms with E-state index in [1.54, 1.807) is 4.57 Å². The number of hydrogen-bond donors (Lipinski definition) is 2. The second kappa shape index (κ2) is 15.8. The lowest BCUT2D eigenvalue weighted by atomic mass is 9.84. The molecule has 2 heterocycles. The van der Waals surface area contributed by atoms with Gasteiger partial charge in [0, 0.05) is 44.7 Å². The molecule has 0 spiro atoms. The molecule has 5 rings (SSSR count). The lowest BCUT2D eigenvalue weighted by Crippen LogP contribution is -2.47. The molecule has 1 saturated carbocycles. The SMILES string of the molecule is CN1CCN(CCn2c(=O)nc(NC(CC3CCCCC3)C(=O)N[C@H](C#N)COCc3ccccc3)c3ccccc32)CC1. The number of fused-ring (bicyclic) bond motifs is 1. The highest BCUT2D eigenvalue weighted by Crippen LogP contribution is 2.29. The molecular weight excluding hydrogens is 554 g/mol. The fourth-order valence-electron chi connectivity index (χ4n) is 6.27. The summed E-state index contributed by atoms with van der Waals surface area (Å²) in [6.45, 7) is 5.78. The number of amides is 1. The molecule has 234 valence electrons. The topological polar surface area (TPSA) is 116 Å². The number of nitrogens with one attached hydrogen (secondary N) is 2. The number of rotatable bonds is 13. The van der Waals surface area contributed by atoms with Crippen molar-refractivity contribution in [2.75, 3.05) is 51.7 Å². The van der Waals surface area contributed by atoms with Gasteiger partial charge in [-0.1, -0.05) is 74.6 Å². The van der Waals surface area contributed by atoms with Gasteiger partial charge in [0.05, 0.1) is 24.8 Å². The molecule has 1 aliphatic carbocycles. The third-order valence-electron chi connectivity index (χ3n) is 8.91. The molecule has 0 bridgehead atoms. The molecule has 2 atom stereocenters. The fourth-order valence-corrected chi connectivity index (χ4v) is 6.27. The van der Waals surface area contributed by atoms with Crippen LogP contribution < -0.4 is 16.3 Å². The van der Waals surface area contributed by atoms with Crippen LogP contribution in [0.1, 0.15) is 44.1 Å². The van der Waals surface area contributed by atoms with Crippen LogP contribution in [0.25, 0.3) is 10.9 Å². The van der Waals surface area contributed by atoms with E-state index in [0.717, 1.165) is 74.9 Å². The van der Waals surface area contributed by atoms with E-state index in [0.29, 0.717) is 31.3 Å². The average molecular weight is 600 g/mol. The van der Waals surface area contributed by atoms with E-state index in [1.165, 1.54) is 6.42 Å². The minimum absolute atomic E-state index is 0.0812. The molecule has 1 unspecified atom stereocenters. The predicted octanol–water partition coefficient (Wildman–Crippen LogP) is 3.62. The first-order valence-electron chi connectivity index (χ1n) is 16.0. The number of hydrogen-bond acceptors (Lipinski definition) is 8. The highest BCUT2D eigenvalue weighted by Gasteiger charge is 2.28. The summed E-state index contributed by atoms with van der Waals surface area (Å²) in [5.41, 5.74) is 1.47. The number of para-hydroxylation sites is 1. The number of carbonyl (C=O) groups is 1. The number of carbonyl (C=O) groups excluding carboxylic acids is 1. The van der Waals surface area contributed by atoms with E-state index in [9.17, 15) is 14.9 Å². The number of piperazine rings is 1. The zero-order valence-electron chi connectivity index (χ0n) is 25.8. The highest BCUT2D eigenvalue weighted by molar-refractivity contribution is 5.92. The van der Waals surface area contributed by atoms with Gasteiger partial charge in [-0.3, -0.25) is 14.3 Å². The zero-order valence-corrected chi connectivity index (χ0v) is 25.8. The van der Waals surface area contributed by atoms with Gasteiger partial charge in [-0.25, -0.2) is 4.79 Å². The van der Waals surface area contributed by atoms with E-state index in [-0.39, 0.29) is 18.2 Å². The molecule has 2 aliphatic rings. The van der Waals surface area contributed by atoms with Crippen molar-refractivity contribution in [3.05, 3.63) is 70.6 Å². The fraction of sp³-hybridized carbons (Fsp3) is 0.529. The Kier molecular flexibility index (Phi) is 11.4. The van der Waals surface area contributed by atoms with E-state index in [2.05, 4.69) is 38.5 Å². The molecule has 1 aliphatic heterocycles. The van der Waals surface area contributed by atoms with Gasteiger partial charge in [0.15, 0.2) is 0 Å². The largest absolute Gasteiger partial charge is 0.374 e. The number of likely N-dealkylation sites (N-methyl/N-ethyl adjacent to an activating group) is 1. The molecule has 10 nitrogen and oxygen atoms in total. The number of nitrogens with zero attached hydrogens (tertiary/aromatic N) is 5. The zero-order chi connectivity index (χ0) is 30.7. The van der Waals surface area contributed by atoms with Gasteiger partial charge in [0.25, 0.3) is 0 Å². The predicted molar refractivity (Wildman–Crippen MR) is 172 cm³/mol. The van der Waals surface area contributed by atoms with Crippen LogP contribution in [0.4, 0.5) is 5.82 Å². The number of aromatic nitrogens is 2. The van der Waals surface area contributed by atoms with Crippen molar-refractivity contribution in [1.82, 2.24) is 24.7 Å². The Morgan fingerprint density at radius 3 is 2.50 bits per heavy atom. The van der Waals surface area contributed by atoms with E-state index >= 15 is 0 Å². The maximum atomic E-state index is 13.7. The quantitative estimate of drug-likeness (QED) is 0.306. The Balaban J connectivity index is 1.31. The van der Waals surface area contributed by atoms with E-state index in [1.807, 2.05) is 54.6 Å². The van der Waals surface area contributed by atoms with Gasteiger partial charge < -0.3 is 20.3 Å². The van der Waals surface area contributed by atoms with Crippen LogP contribution in [0.5, 0.6) is 0 Å². The van der Waals surface area contributed by atoms with E-state index < -0.39 is 12.1 Å². The Hall–Kier alpha value is -3.78. The van der Waals surface area contributed by atoms with Crippen molar-refractivity contribution in [2.45, 2.75) is 63.8 Å². The molecule has 2 aromatic carbocycles. The van der Waals surface area contributed by atoms with Crippen molar-refractivity contribution >= 4 is 22.6 Å². The molecule has 3 aromatic rings. The van der Waals surface area contributed by atoms with Crippen LogP contribution in [0.15, 0.2) is 59.4 Å². The maximum Gasteiger partial charge on any atom is 0.350 e. The standard InChI is InChI=1S/C34H45N7O3/c1-39-16-18-40(19-17-39)20-21-41-31-15-9-8-14-29(31)32(38-34(41)43)37-30(22-26-10-4-2-5-11-26)33(42)36-28(23-35)25-44-24-27-12-6-3-7-13-27/h3,6-9,12-15,26,28,30H,2,4-5,10-11,16-22,24-25H2,1H3,(H,36,42)(H,37,38,43)/t28-,30?/m1/s1. The van der Waals surface area contributed by atoms with Gasteiger partial charge >= 0.3 is 5.69 Å². The molecule has 44 heavy (non-hydrogen) atoms. The summed E-state index contributed by atoms with van der Waals surface area (Å²) < 4.78 is 7.50. The smallest absolute Gasteiger partial charge is 0.350 e. The van der Waals surface area contributed by atoms with Crippen molar-refractivity contribution in [3.8, 4) is 6.07 Å². The van der Waals surface area contributed by atoms with Gasteiger partial charge in [-0.2, -0.15) is 10.2 Å². The molecule has 1 aromatic heterocycles. The summed E-state index contributed by atoms with van der Waals surface area (Å²) in [4.78, 5) is 36.3. The van der Waals surface area contributed by atoms with Gasteiger partial charge in [0.2, 0.25) is 5.91 Å². The first-order chi connectivity index (χ1) is 21.5. The third kappa shape index (κ3) is 8.65. The Morgan fingerprint density at radius 1 is 1.02 bits per heavy atom. The number of benzene rings is 2. The Labute approximate surface area is 260 Å². The number of ether oxygens (including phenoxy) is 1. The van der Waals surface area contributed by atoms with Crippen LogP contribution in [-0.2, 0) is 22.7 Å². The van der Waals surface area contributed by atoms with Crippen LogP contribution >= 0.6 is 0 Å². The first kappa shape index (κ1) is 31.6. The summed E-state index contributed by atoms with van der Waals surface area (Å²) in [5.74, 6) is 0.513. The van der Waals surface area contributed by atoms with Crippen LogP contribution in [0, 0.1) is 17.2 Å². The first-order valence-corrected chi connectivity index (χ1v) is 16.0. The summed E-state index contributed by atoms with van der Waals surface area (Å²) in [6.07, 6.45) is 6.26. The number of anilines is 1. The number of nitriles is 1. The Bertz CT molecular complexity index is 1460. The normalized spacial score (nSPS) is 18.0. The van der Waals surface area contributed by atoms with Crippen LogP contribution in [0.2, 0.25) is 0 Å². The molecule has 1 saturated heterocycles. The van der Waals surface area contributed by atoms with Crippen molar-refractivity contribution in [3.63, 3.8) is 0 Å². The van der Waals surface area contributed by atoms with Crippen LogP contribution in [0.3, 0.4) is 0 Å². The molecule has 2 N–H and O–H groups in total. The monoisotopic (exact) mass is 599 g/mol. The molecule has 10 heteroatoms. The van der Waals surface area contributed by atoms with Crippen molar-refractivity contribution in [1.29, 1.82) is 5.26 Å². The lowest BCUT2D eigenvalue weighted by Gasteiger charge is -2.32.